The third-order valence-electron chi connectivity index (χ3n) is 1.83. The average molecular weight is 202 g/mol. The van der Waals surface area contributed by atoms with Crippen LogP contribution < -0.4 is 10.6 Å². The van der Waals surface area contributed by atoms with Crippen LogP contribution in [0, 0.1) is 5.92 Å². The van der Waals surface area contributed by atoms with E-state index in [0.29, 0.717) is 0 Å². The third kappa shape index (κ3) is 3.74. The quantitative estimate of drug-likeness (QED) is 0.561. The minimum atomic E-state index is -0.905. The van der Waals surface area contributed by atoms with Gasteiger partial charge in [0.1, 0.15) is 6.04 Å². The van der Waals surface area contributed by atoms with Gasteiger partial charge in [0.25, 0.3) is 0 Å². The van der Waals surface area contributed by atoms with Crippen molar-refractivity contribution in [1.82, 2.24) is 10.6 Å². The van der Waals surface area contributed by atoms with Gasteiger partial charge in [-0.05, 0) is 6.92 Å². The molecule has 0 saturated carbocycles. The van der Waals surface area contributed by atoms with E-state index in [0.717, 1.165) is 0 Å². The second-order valence-corrected chi connectivity index (χ2v) is 3.50. The number of hydrogen-bond acceptors (Lipinski definition) is 3. The van der Waals surface area contributed by atoms with Crippen molar-refractivity contribution >= 4 is 11.8 Å². The minimum absolute atomic E-state index is 0.207. The maximum absolute atomic E-state index is 11.3. The Morgan fingerprint density at radius 1 is 1.14 bits per heavy atom. The number of amides is 2. The highest BCUT2D eigenvalue weighted by Crippen LogP contribution is 1.97. The highest BCUT2D eigenvalue weighted by Gasteiger charge is 2.25. The molecule has 5 nitrogen and oxygen atoms in total. The van der Waals surface area contributed by atoms with Crippen molar-refractivity contribution in [3.8, 4) is 0 Å². The summed E-state index contributed by atoms with van der Waals surface area (Å²) in [5, 5.41) is 14.1. The largest absolute Gasteiger partial charge is 0.391 e. The Kier molecular flexibility index (Phi) is 5.15. The number of hydrogen-bond donors (Lipinski definition) is 3. The molecule has 3 N–H and O–H groups in total. The van der Waals surface area contributed by atoms with Crippen LogP contribution in [0.2, 0.25) is 0 Å². The Balaban J connectivity index is 4.38. The van der Waals surface area contributed by atoms with Crippen LogP contribution in [-0.4, -0.2) is 36.1 Å². The van der Waals surface area contributed by atoms with E-state index in [1.807, 2.05) is 0 Å². The van der Waals surface area contributed by atoms with Gasteiger partial charge in [0, 0.05) is 13.0 Å². The van der Waals surface area contributed by atoms with Crippen LogP contribution in [0.3, 0.4) is 0 Å². The number of aliphatic hydroxyl groups excluding tert-OH is 1. The Hall–Kier alpha value is -1.10. The van der Waals surface area contributed by atoms with Gasteiger partial charge in [-0.3, -0.25) is 9.59 Å². The zero-order valence-corrected chi connectivity index (χ0v) is 9.00. The molecular weight excluding hydrogens is 184 g/mol. The number of aliphatic hydroxyl groups is 1. The molecule has 0 rings (SSSR count). The van der Waals surface area contributed by atoms with Gasteiger partial charge in [-0.25, -0.2) is 0 Å². The predicted octanol–water partition coefficient (Wildman–Crippen LogP) is -0.746. The Morgan fingerprint density at radius 3 is 1.93 bits per heavy atom. The lowest BCUT2D eigenvalue weighted by atomic mass is 10.1. The molecule has 0 fully saturated rings. The second-order valence-electron chi connectivity index (χ2n) is 3.50. The number of carbonyl (C=O) groups is 2. The molecule has 2 atom stereocenters. The molecule has 0 radical (unpaired) electrons. The van der Waals surface area contributed by atoms with E-state index >= 15 is 0 Å². The number of rotatable bonds is 4. The summed E-state index contributed by atoms with van der Waals surface area (Å²) in [6, 6.07) is -0.880. The molecule has 0 aromatic heterocycles. The molecule has 2 unspecified atom stereocenters. The summed E-state index contributed by atoms with van der Waals surface area (Å²) in [4.78, 5) is 22.5. The van der Waals surface area contributed by atoms with Gasteiger partial charge in [0.15, 0.2) is 0 Å². The van der Waals surface area contributed by atoms with Crippen LogP contribution in [0.25, 0.3) is 0 Å². The summed E-state index contributed by atoms with van der Waals surface area (Å²) in [6.07, 6.45) is -0.905. The van der Waals surface area contributed by atoms with E-state index in [4.69, 9.17) is 0 Å². The van der Waals surface area contributed by atoms with E-state index < -0.39 is 18.1 Å². The lowest BCUT2D eigenvalue weighted by Crippen LogP contribution is -2.52. The maximum Gasteiger partial charge on any atom is 0.245 e. The zero-order chi connectivity index (χ0) is 11.3. The normalized spacial score (nSPS) is 14.7. The highest BCUT2D eigenvalue weighted by atomic mass is 16.3. The molecule has 0 heterocycles. The van der Waals surface area contributed by atoms with Gasteiger partial charge in [-0.15, -0.1) is 0 Å². The molecule has 0 saturated heterocycles. The molecule has 0 bridgehead atoms. The lowest BCUT2D eigenvalue weighted by Gasteiger charge is -2.20. The van der Waals surface area contributed by atoms with Crippen LogP contribution >= 0.6 is 0 Å². The van der Waals surface area contributed by atoms with Crippen LogP contribution in [0.5, 0.6) is 0 Å². The second kappa shape index (κ2) is 5.59. The number of carbonyl (C=O) groups excluding carboxylic acids is 2. The molecule has 14 heavy (non-hydrogen) atoms. The fourth-order valence-electron chi connectivity index (χ4n) is 0.881. The Morgan fingerprint density at radius 2 is 1.64 bits per heavy atom. The molecule has 0 aromatic rings. The molecule has 82 valence electrons. The van der Waals surface area contributed by atoms with Crippen molar-refractivity contribution in [2.45, 2.75) is 32.9 Å². The smallest absolute Gasteiger partial charge is 0.245 e. The van der Waals surface area contributed by atoms with E-state index in [1.54, 1.807) is 13.8 Å². The molecule has 0 spiro atoms. The van der Waals surface area contributed by atoms with Gasteiger partial charge in [-0.2, -0.15) is 0 Å². The Labute approximate surface area is 83.9 Å². The van der Waals surface area contributed by atoms with Crippen molar-refractivity contribution in [1.29, 1.82) is 0 Å². The summed E-state index contributed by atoms with van der Waals surface area (Å²) in [5.74, 6) is -0.852. The maximum atomic E-state index is 11.3. The van der Waals surface area contributed by atoms with Gasteiger partial charge in [-0.1, -0.05) is 13.8 Å². The highest BCUT2D eigenvalue weighted by molar-refractivity contribution is 5.88. The zero-order valence-electron chi connectivity index (χ0n) is 9.00. The molecule has 5 heteroatoms. The predicted molar refractivity (Wildman–Crippen MR) is 52.5 cm³/mol. The first kappa shape index (κ1) is 12.9. The summed E-state index contributed by atoms with van der Waals surface area (Å²) >= 11 is 0. The molecule has 2 amide bonds. The third-order valence-corrected chi connectivity index (χ3v) is 1.83. The van der Waals surface area contributed by atoms with Crippen molar-refractivity contribution < 1.29 is 14.7 Å². The van der Waals surface area contributed by atoms with Crippen LogP contribution in [0.4, 0.5) is 0 Å². The molecule has 0 aliphatic heterocycles. The standard InChI is InChI=1S/C9H18N2O3/c1-5(2)8(13)11-7(6(3)12)9(14)10-4/h5-7,12H,1-4H3,(H,10,14)(H,11,13). The van der Waals surface area contributed by atoms with E-state index in [9.17, 15) is 14.7 Å². The lowest BCUT2D eigenvalue weighted by molar-refractivity contribution is -0.132. The van der Waals surface area contributed by atoms with Crippen LogP contribution in [0.15, 0.2) is 0 Å². The fraction of sp³-hybridized carbons (Fsp3) is 0.778. The van der Waals surface area contributed by atoms with Gasteiger partial charge >= 0.3 is 0 Å². The first-order valence-electron chi connectivity index (χ1n) is 4.60. The van der Waals surface area contributed by atoms with Gasteiger partial charge < -0.3 is 15.7 Å². The summed E-state index contributed by atoms with van der Waals surface area (Å²) in [7, 11) is 1.46. The molecule has 0 aliphatic carbocycles. The van der Waals surface area contributed by atoms with Crippen molar-refractivity contribution in [3.63, 3.8) is 0 Å². The fourth-order valence-corrected chi connectivity index (χ4v) is 0.881. The van der Waals surface area contributed by atoms with Gasteiger partial charge in [0.05, 0.1) is 6.10 Å². The SMILES string of the molecule is CNC(=O)C(NC(=O)C(C)C)C(C)O. The Bertz CT molecular complexity index is 214. The van der Waals surface area contributed by atoms with Crippen LogP contribution in [0.1, 0.15) is 20.8 Å². The monoisotopic (exact) mass is 202 g/mol. The first-order chi connectivity index (χ1) is 6.40. The molecule has 0 aliphatic rings. The van der Waals surface area contributed by atoms with Gasteiger partial charge in [0.2, 0.25) is 11.8 Å². The van der Waals surface area contributed by atoms with E-state index in [-0.39, 0.29) is 11.8 Å². The number of likely N-dealkylation sites (N-methyl/N-ethyl adjacent to an activating group) is 1. The van der Waals surface area contributed by atoms with E-state index in [2.05, 4.69) is 10.6 Å². The first-order valence-corrected chi connectivity index (χ1v) is 4.60. The average Bonchev–Trinajstić information content (AvgIpc) is 2.11. The summed E-state index contributed by atoms with van der Waals surface area (Å²) < 4.78 is 0. The van der Waals surface area contributed by atoms with Crippen molar-refractivity contribution in [3.05, 3.63) is 0 Å². The summed E-state index contributed by atoms with van der Waals surface area (Å²) in [6.45, 7) is 4.90. The minimum Gasteiger partial charge on any atom is -0.391 e. The van der Waals surface area contributed by atoms with Crippen molar-refractivity contribution in [2.24, 2.45) is 5.92 Å². The number of nitrogens with one attached hydrogen (secondary N) is 2. The summed E-state index contributed by atoms with van der Waals surface area (Å²) in [5.41, 5.74) is 0. The van der Waals surface area contributed by atoms with E-state index in [1.165, 1.54) is 14.0 Å². The molecular formula is C9H18N2O3. The molecule has 0 aromatic carbocycles. The van der Waals surface area contributed by atoms with Crippen LogP contribution in [-0.2, 0) is 9.59 Å². The topological polar surface area (TPSA) is 78.4 Å². The van der Waals surface area contributed by atoms with Crippen molar-refractivity contribution in [2.75, 3.05) is 7.05 Å².